The number of nitrogens with zero attached hydrogens (tertiary/aromatic N) is 3. The van der Waals surface area contributed by atoms with Crippen molar-refractivity contribution in [1.82, 2.24) is 4.98 Å². The van der Waals surface area contributed by atoms with E-state index < -0.39 is 22.6 Å². The third-order valence-corrected chi connectivity index (χ3v) is 6.17. The average molecular weight is 504 g/mol. The van der Waals surface area contributed by atoms with Gasteiger partial charge in [0.2, 0.25) is 5.89 Å². The number of amides is 3. The first-order chi connectivity index (χ1) is 18.4. The molecule has 0 aliphatic carbocycles. The van der Waals surface area contributed by atoms with Gasteiger partial charge < -0.3 is 9.73 Å². The third kappa shape index (κ3) is 3.77. The van der Waals surface area contributed by atoms with E-state index in [1.807, 2.05) is 0 Å². The summed E-state index contributed by atoms with van der Waals surface area (Å²) in [5.74, 6) is -1.07. The zero-order valence-corrected chi connectivity index (χ0v) is 19.5. The van der Waals surface area contributed by atoms with Gasteiger partial charge in [-0.05, 0) is 54.6 Å². The number of non-ortho nitro benzene ring substituents is 1. The van der Waals surface area contributed by atoms with Crippen LogP contribution in [0.3, 0.4) is 0 Å². The number of para-hydroxylation sites is 1. The first kappa shape index (κ1) is 22.8. The molecule has 0 unspecified atom stereocenters. The van der Waals surface area contributed by atoms with Crippen LogP contribution in [0.4, 0.5) is 17.1 Å². The van der Waals surface area contributed by atoms with Crippen molar-refractivity contribution in [3.05, 3.63) is 118 Å². The number of hydrogen-bond donors (Lipinski definition) is 1. The minimum Gasteiger partial charge on any atom is -0.436 e. The minimum absolute atomic E-state index is 0.108. The molecule has 0 fully saturated rings. The third-order valence-electron chi connectivity index (χ3n) is 6.17. The maximum absolute atomic E-state index is 13.0. The Morgan fingerprint density at radius 1 is 0.842 bits per heavy atom. The predicted molar refractivity (Wildman–Crippen MR) is 138 cm³/mol. The first-order valence-corrected chi connectivity index (χ1v) is 11.4. The number of oxazole rings is 1. The number of nitrogens with one attached hydrogen (secondary N) is 1. The molecule has 0 saturated carbocycles. The molecule has 0 radical (unpaired) electrons. The highest BCUT2D eigenvalue weighted by Crippen LogP contribution is 2.32. The molecule has 1 aliphatic heterocycles. The van der Waals surface area contributed by atoms with Crippen molar-refractivity contribution < 1.29 is 23.7 Å². The lowest BCUT2D eigenvalue weighted by atomic mass is 10.1. The summed E-state index contributed by atoms with van der Waals surface area (Å²) in [5, 5.41) is 13.9. The highest BCUT2D eigenvalue weighted by molar-refractivity contribution is 6.34. The zero-order valence-electron chi connectivity index (χ0n) is 19.5. The Hall–Kier alpha value is -5.64. The Balaban J connectivity index is 1.25. The van der Waals surface area contributed by atoms with Crippen molar-refractivity contribution in [1.29, 1.82) is 0 Å². The molecule has 0 atom stereocenters. The van der Waals surface area contributed by atoms with Gasteiger partial charge in [0.15, 0.2) is 5.58 Å². The molecule has 3 amide bonds. The molecule has 1 aromatic heterocycles. The number of benzene rings is 4. The molecule has 0 spiro atoms. The molecule has 38 heavy (non-hydrogen) atoms. The highest BCUT2D eigenvalue weighted by atomic mass is 16.6. The summed E-state index contributed by atoms with van der Waals surface area (Å²) in [5.41, 5.74) is 2.82. The second-order valence-corrected chi connectivity index (χ2v) is 8.47. The molecule has 4 aromatic carbocycles. The monoisotopic (exact) mass is 504 g/mol. The Morgan fingerprint density at radius 3 is 2.13 bits per heavy atom. The topological polar surface area (TPSA) is 136 Å². The van der Waals surface area contributed by atoms with E-state index >= 15 is 0 Å². The molecular weight excluding hydrogens is 488 g/mol. The molecule has 2 heterocycles. The summed E-state index contributed by atoms with van der Waals surface area (Å²) in [6.07, 6.45) is 0. The van der Waals surface area contributed by atoms with Crippen molar-refractivity contribution in [3.8, 4) is 11.5 Å². The van der Waals surface area contributed by atoms with E-state index in [2.05, 4.69) is 10.3 Å². The van der Waals surface area contributed by atoms with Crippen LogP contribution in [-0.4, -0.2) is 27.6 Å². The Kier molecular flexibility index (Phi) is 5.27. The Morgan fingerprint density at radius 2 is 1.47 bits per heavy atom. The summed E-state index contributed by atoms with van der Waals surface area (Å²) in [4.78, 5) is 54.5. The number of anilines is 2. The van der Waals surface area contributed by atoms with Crippen molar-refractivity contribution in [3.63, 3.8) is 0 Å². The lowest BCUT2D eigenvalue weighted by molar-refractivity contribution is -0.384. The van der Waals surface area contributed by atoms with Gasteiger partial charge in [-0.3, -0.25) is 24.5 Å². The number of carbonyl (C=O) groups is 3. The summed E-state index contributed by atoms with van der Waals surface area (Å²) in [7, 11) is 0. The largest absolute Gasteiger partial charge is 0.436 e. The number of rotatable bonds is 5. The molecule has 10 heteroatoms. The quantitative estimate of drug-likeness (QED) is 0.191. The van der Waals surface area contributed by atoms with Gasteiger partial charge >= 0.3 is 0 Å². The van der Waals surface area contributed by atoms with Crippen molar-refractivity contribution >= 4 is 45.9 Å². The van der Waals surface area contributed by atoms with E-state index in [-0.39, 0.29) is 11.6 Å². The number of aromatic nitrogens is 1. The lowest BCUT2D eigenvalue weighted by Crippen LogP contribution is -2.29. The van der Waals surface area contributed by atoms with Crippen LogP contribution in [0.25, 0.3) is 22.6 Å². The number of hydrogen-bond acceptors (Lipinski definition) is 7. The smallest absolute Gasteiger partial charge is 0.271 e. The molecule has 6 rings (SSSR count). The van der Waals surface area contributed by atoms with E-state index in [1.165, 1.54) is 42.5 Å². The molecule has 1 aliphatic rings. The number of nitro benzene ring substituents is 1. The van der Waals surface area contributed by atoms with Crippen LogP contribution < -0.4 is 10.2 Å². The second-order valence-electron chi connectivity index (χ2n) is 8.47. The maximum Gasteiger partial charge on any atom is 0.271 e. The lowest BCUT2D eigenvalue weighted by Gasteiger charge is -2.14. The van der Waals surface area contributed by atoms with Crippen molar-refractivity contribution in [2.24, 2.45) is 0 Å². The van der Waals surface area contributed by atoms with Gasteiger partial charge in [-0.1, -0.05) is 24.3 Å². The Labute approximate surface area is 214 Å². The normalized spacial score (nSPS) is 12.6. The molecule has 0 bridgehead atoms. The number of imide groups is 1. The fraction of sp³-hybridized carbons (Fsp3) is 0. The van der Waals surface area contributed by atoms with E-state index in [1.54, 1.807) is 48.5 Å². The van der Waals surface area contributed by atoms with E-state index in [0.29, 0.717) is 44.7 Å². The number of fused-ring (bicyclic) bond motifs is 2. The fourth-order valence-electron chi connectivity index (χ4n) is 4.30. The standard InChI is InChI=1S/C28H16N4O6/c33-25(16-9-11-17(12-10-16)31-27(34)19-5-1-2-6-20(19)28(31)35)29-22-8-4-3-7-21(22)26-30-23-15-18(32(36)37)13-14-24(23)38-26/h1-15H,(H,29,33). The van der Waals surface area contributed by atoms with E-state index in [9.17, 15) is 24.5 Å². The van der Waals surface area contributed by atoms with Crippen LogP contribution in [0, 0.1) is 10.1 Å². The van der Waals surface area contributed by atoms with Gasteiger partial charge in [0, 0.05) is 17.7 Å². The Bertz CT molecular complexity index is 1760. The highest BCUT2D eigenvalue weighted by Gasteiger charge is 2.36. The second kappa shape index (κ2) is 8.79. The van der Waals surface area contributed by atoms with E-state index in [0.717, 1.165) is 4.90 Å². The maximum atomic E-state index is 13.0. The van der Waals surface area contributed by atoms with Crippen LogP contribution in [0.15, 0.2) is 95.4 Å². The van der Waals surface area contributed by atoms with Gasteiger partial charge in [0.25, 0.3) is 23.4 Å². The van der Waals surface area contributed by atoms with Gasteiger partial charge in [-0.25, -0.2) is 9.88 Å². The van der Waals surface area contributed by atoms with Crippen molar-refractivity contribution in [2.75, 3.05) is 10.2 Å². The summed E-state index contributed by atoms with van der Waals surface area (Å²) in [6, 6.07) is 23.7. The molecule has 184 valence electrons. The average Bonchev–Trinajstić information content (AvgIpc) is 3.47. The SMILES string of the molecule is O=C(Nc1ccccc1-c1nc2cc([N+](=O)[O-])ccc2o1)c1ccc(N2C(=O)c3ccccc3C2=O)cc1. The summed E-state index contributed by atoms with van der Waals surface area (Å²) >= 11 is 0. The summed E-state index contributed by atoms with van der Waals surface area (Å²) < 4.78 is 5.78. The molecule has 10 nitrogen and oxygen atoms in total. The van der Waals surface area contributed by atoms with Gasteiger partial charge in [-0.15, -0.1) is 0 Å². The minimum atomic E-state index is -0.512. The molecule has 5 aromatic rings. The molecular formula is C28H16N4O6. The number of carbonyl (C=O) groups excluding carboxylic acids is 3. The summed E-state index contributed by atoms with van der Waals surface area (Å²) in [6.45, 7) is 0. The molecule has 1 N–H and O–H groups in total. The zero-order chi connectivity index (χ0) is 26.4. The van der Waals surface area contributed by atoms with Crippen LogP contribution in [0.2, 0.25) is 0 Å². The fourth-order valence-corrected chi connectivity index (χ4v) is 4.30. The van der Waals surface area contributed by atoms with Crippen LogP contribution in [-0.2, 0) is 0 Å². The van der Waals surface area contributed by atoms with Crippen LogP contribution in [0.1, 0.15) is 31.1 Å². The van der Waals surface area contributed by atoms with Gasteiger partial charge in [0.1, 0.15) is 5.52 Å². The van der Waals surface area contributed by atoms with Gasteiger partial charge in [-0.2, -0.15) is 0 Å². The predicted octanol–water partition coefficient (Wildman–Crippen LogP) is 5.46. The van der Waals surface area contributed by atoms with E-state index in [4.69, 9.17) is 4.42 Å². The molecule has 0 saturated heterocycles. The number of nitro groups is 1. The first-order valence-electron chi connectivity index (χ1n) is 11.4. The van der Waals surface area contributed by atoms with Crippen molar-refractivity contribution in [2.45, 2.75) is 0 Å². The van der Waals surface area contributed by atoms with Crippen LogP contribution >= 0.6 is 0 Å². The van der Waals surface area contributed by atoms with Crippen LogP contribution in [0.5, 0.6) is 0 Å². The van der Waals surface area contributed by atoms with Gasteiger partial charge in [0.05, 0.1) is 33.0 Å².